The van der Waals surface area contributed by atoms with E-state index < -0.39 is 11.9 Å². The van der Waals surface area contributed by atoms with E-state index in [-0.39, 0.29) is 17.5 Å². The average Bonchev–Trinajstić information content (AvgIpc) is 2.86. The molecule has 0 saturated carbocycles. The summed E-state index contributed by atoms with van der Waals surface area (Å²) in [6.07, 6.45) is 0. The number of rotatable bonds is 4. The SMILES string of the molecule is O=C(N[C@@H](CO)c1ccc(Cl)c(F)c1)c1ccc(Br)s1. The van der Waals surface area contributed by atoms with Crippen LogP contribution in [0.4, 0.5) is 4.39 Å². The summed E-state index contributed by atoms with van der Waals surface area (Å²) in [6.45, 7) is -0.334. The zero-order valence-corrected chi connectivity index (χ0v) is 13.2. The lowest BCUT2D eigenvalue weighted by Crippen LogP contribution is -2.30. The summed E-state index contributed by atoms with van der Waals surface area (Å²) in [5.74, 6) is -0.911. The lowest BCUT2D eigenvalue weighted by molar-refractivity contribution is 0.0920. The molecule has 0 radical (unpaired) electrons. The summed E-state index contributed by atoms with van der Waals surface area (Å²) in [6, 6.07) is 6.90. The van der Waals surface area contributed by atoms with E-state index in [1.165, 1.54) is 23.5 Å². The van der Waals surface area contributed by atoms with Crippen molar-refractivity contribution in [3.8, 4) is 0 Å². The Bertz CT molecular complexity index is 635. The largest absolute Gasteiger partial charge is 0.394 e. The molecule has 0 spiro atoms. The number of thiophene rings is 1. The molecule has 2 rings (SSSR count). The van der Waals surface area contributed by atoms with Crippen molar-refractivity contribution in [2.75, 3.05) is 6.61 Å². The molecular formula is C13H10BrClFNO2S. The summed E-state index contributed by atoms with van der Waals surface area (Å²) in [4.78, 5) is 12.5. The molecule has 1 heterocycles. The fraction of sp³-hybridized carbons (Fsp3) is 0.154. The molecule has 0 fully saturated rings. The molecule has 106 valence electrons. The van der Waals surface area contributed by atoms with E-state index in [0.29, 0.717) is 10.4 Å². The number of nitrogens with one attached hydrogen (secondary N) is 1. The Morgan fingerprint density at radius 1 is 1.45 bits per heavy atom. The molecule has 0 unspecified atom stereocenters. The zero-order valence-electron chi connectivity index (χ0n) is 10.1. The van der Waals surface area contributed by atoms with Crippen molar-refractivity contribution in [1.29, 1.82) is 0 Å². The molecule has 0 aliphatic rings. The van der Waals surface area contributed by atoms with Crippen molar-refractivity contribution in [2.45, 2.75) is 6.04 Å². The first-order valence-electron chi connectivity index (χ1n) is 5.63. The van der Waals surface area contributed by atoms with Crippen molar-refractivity contribution in [3.63, 3.8) is 0 Å². The van der Waals surface area contributed by atoms with Crippen molar-refractivity contribution < 1.29 is 14.3 Å². The first-order chi connectivity index (χ1) is 9.51. The van der Waals surface area contributed by atoms with Gasteiger partial charge in [-0.15, -0.1) is 11.3 Å². The van der Waals surface area contributed by atoms with E-state index in [4.69, 9.17) is 11.6 Å². The van der Waals surface area contributed by atoms with E-state index in [2.05, 4.69) is 21.2 Å². The maximum absolute atomic E-state index is 13.4. The summed E-state index contributed by atoms with van der Waals surface area (Å²) in [7, 11) is 0. The maximum atomic E-state index is 13.4. The van der Waals surface area contributed by atoms with Gasteiger partial charge >= 0.3 is 0 Å². The van der Waals surface area contributed by atoms with Gasteiger partial charge in [0.25, 0.3) is 5.91 Å². The third-order valence-electron chi connectivity index (χ3n) is 2.63. The Morgan fingerprint density at radius 3 is 2.75 bits per heavy atom. The van der Waals surface area contributed by atoms with Gasteiger partial charge in [-0.3, -0.25) is 4.79 Å². The number of carbonyl (C=O) groups excluding carboxylic acids is 1. The van der Waals surface area contributed by atoms with Crippen LogP contribution in [0.5, 0.6) is 0 Å². The number of amides is 1. The average molecular weight is 379 g/mol. The Labute approximate surface area is 132 Å². The lowest BCUT2D eigenvalue weighted by atomic mass is 10.1. The van der Waals surface area contributed by atoms with Crippen LogP contribution in [-0.4, -0.2) is 17.6 Å². The summed E-state index contributed by atoms with van der Waals surface area (Å²) in [5, 5.41) is 12.0. The number of hydrogen-bond acceptors (Lipinski definition) is 3. The second-order valence-corrected chi connectivity index (χ2v) is 6.86. The van der Waals surface area contributed by atoms with Crippen molar-refractivity contribution >= 4 is 44.8 Å². The quantitative estimate of drug-likeness (QED) is 0.851. The van der Waals surface area contributed by atoms with Gasteiger partial charge in [-0.05, 0) is 45.8 Å². The standard InChI is InChI=1S/C13H10BrClFNO2S/c14-12-4-3-11(20-12)13(19)17-10(6-18)7-1-2-8(15)9(16)5-7/h1-5,10,18H,6H2,(H,17,19)/t10-/m0/s1. The fourth-order valence-corrected chi connectivity index (χ4v) is 3.04. The van der Waals surface area contributed by atoms with Gasteiger partial charge in [0.2, 0.25) is 0 Å². The summed E-state index contributed by atoms with van der Waals surface area (Å²) < 4.78 is 14.2. The summed E-state index contributed by atoms with van der Waals surface area (Å²) in [5.41, 5.74) is 0.457. The Balaban J connectivity index is 2.16. The lowest BCUT2D eigenvalue weighted by Gasteiger charge is -2.16. The molecule has 2 aromatic rings. The highest BCUT2D eigenvalue weighted by Crippen LogP contribution is 2.24. The second-order valence-electron chi connectivity index (χ2n) is 3.99. The second kappa shape index (κ2) is 6.67. The van der Waals surface area contributed by atoms with Crippen molar-refractivity contribution in [3.05, 3.63) is 55.4 Å². The van der Waals surface area contributed by atoms with E-state index in [1.807, 2.05) is 0 Å². The van der Waals surface area contributed by atoms with Crippen molar-refractivity contribution in [1.82, 2.24) is 5.32 Å². The zero-order chi connectivity index (χ0) is 14.7. The van der Waals surface area contributed by atoms with Crippen LogP contribution in [0.25, 0.3) is 0 Å². The first-order valence-corrected chi connectivity index (χ1v) is 7.62. The topological polar surface area (TPSA) is 49.3 Å². The highest BCUT2D eigenvalue weighted by atomic mass is 79.9. The number of aliphatic hydroxyl groups excluding tert-OH is 1. The Hall–Kier alpha value is -0.950. The number of aliphatic hydroxyl groups is 1. The fourth-order valence-electron chi connectivity index (χ4n) is 1.63. The molecule has 1 aromatic heterocycles. The van der Waals surface area contributed by atoms with Crippen LogP contribution in [-0.2, 0) is 0 Å². The van der Waals surface area contributed by atoms with Gasteiger partial charge in [-0.1, -0.05) is 17.7 Å². The minimum atomic E-state index is -0.685. The molecule has 0 bridgehead atoms. The minimum Gasteiger partial charge on any atom is -0.394 e. The molecule has 20 heavy (non-hydrogen) atoms. The number of halogens is 3. The van der Waals surface area contributed by atoms with E-state index in [9.17, 15) is 14.3 Å². The smallest absolute Gasteiger partial charge is 0.261 e. The van der Waals surface area contributed by atoms with Crippen LogP contribution in [0.15, 0.2) is 34.1 Å². The third-order valence-corrected chi connectivity index (χ3v) is 4.56. The van der Waals surface area contributed by atoms with Crippen LogP contribution in [0.1, 0.15) is 21.3 Å². The minimum absolute atomic E-state index is 0.000969. The monoisotopic (exact) mass is 377 g/mol. The molecule has 2 N–H and O–H groups in total. The predicted octanol–water partition coefficient (Wildman–Crippen LogP) is 3.77. The normalized spacial score (nSPS) is 12.2. The van der Waals surface area contributed by atoms with E-state index >= 15 is 0 Å². The molecule has 1 amide bonds. The van der Waals surface area contributed by atoms with E-state index in [1.54, 1.807) is 18.2 Å². The Kier molecular flexibility index (Phi) is 5.15. The van der Waals surface area contributed by atoms with Crippen LogP contribution in [0.3, 0.4) is 0 Å². The van der Waals surface area contributed by atoms with Gasteiger partial charge in [-0.25, -0.2) is 4.39 Å². The molecule has 1 aromatic carbocycles. The highest BCUT2D eigenvalue weighted by molar-refractivity contribution is 9.11. The van der Waals surface area contributed by atoms with Gasteiger partial charge < -0.3 is 10.4 Å². The highest BCUT2D eigenvalue weighted by Gasteiger charge is 2.17. The van der Waals surface area contributed by atoms with E-state index in [0.717, 1.165) is 3.79 Å². The molecule has 7 heteroatoms. The maximum Gasteiger partial charge on any atom is 0.261 e. The van der Waals surface area contributed by atoms with Crippen LogP contribution in [0.2, 0.25) is 5.02 Å². The molecule has 3 nitrogen and oxygen atoms in total. The van der Waals surface area contributed by atoms with Gasteiger partial charge in [-0.2, -0.15) is 0 Å². The van der Waals surface area contributed by atoms with Crippen LogP contribution < -0.4 is 5.32 Å². The molecule has 1 atom stereocenters. The number of hydrogen-bond donors (Lipinski definition) is 2. The molecule has 0 saturated heterocycles. The van der Waals surface area contributed by atoms with Crippen LogP contribution in [0, 0.1) is 5.82 Å². The van der Waals surface area contributed by atoms with Gasteiger partial charge in [0.15, 0.2) is 0 Å². The number of carbonyl (C=O) groups is 1. The van der Waals surface area contributed by atoms with Crippen molar-refractivity contribution in [2.24, 2.45) is 0 Å². The van der Waals surface area contributed by atoms with Gasteiger partial charge in [0.1, 0.15) is 5.82 Å². The Morgan fingerprint density at radius 2 is 2.20 bits per heavy atom. The molecule has 0 aliphatic heterocycles. The molecular weight excluding hydrogens is 369 g/mol. The van der Waals surface area contributed by atoms with Gasteiger partial charge in [0, 0.05) is 0 Å². The first kappa shape index (κ1) is 15.4. The number of benzene rings is 1. The third kappa shape index (κ3) is 3.58. The molecule has 0 aliphatic carbocycles. The predicted molar refractivity (Wildman–Crippen MR) is 80.7 cm³/mol. The van der Waals surface area contributed by atoms with Crippen LogP contribution >= 0.6 is 38.9 Å². The summed E-state index contributed by atoms with van der Waals surface area (Å²) >= 11 is 10.2. The van der Waals surface area contributed by atoms with Gasteiger partial charge in [0.05, 0.1) is 26.3 Å².